The number of tetrazole rings is 1. The topological polar surface area (TPSA) is 81.9 Å². The normalized spacial score (nSPS) is 10.8. The van der Waals surface area contributed by atoms with E-state index < -0.39 is 6.61 Å². The van der Waals surface area contributed by atoms with Crippen LogP contribution in [-0.4, -0.2) is 45.0 Å². The first-order chi connectivity index (χ1) is 11.5. The van der Waals surface area contributed by atoms with Gasteiger partial charge < -0.3 is 10.1 Å². The van der Waals surface area contributed by atoms with Crippen LogP contribution in [0.1, 0.15) is 12.0 Å². The number of aryl methyl sites for hydroxylation is 1. The van der Waals surface area contributed by atoms with Crippen molar-refractivity contribution in [2.24, 2.45) is 7.05 Å². The Balaban J connectivity index is 1.62. The van der Waals surface area contributed by atoms with Gasteiger partial charge in [-0.15, -0.1) is 5.10 Å². The van der Waals surface area contributed by atoms with Gasteiger partial charge in [-0.05, 0) is 34.5 Å². The molecule has 0 aliphatic rings. The Kier molecular flexibility index (Phi) is 6.91. The van der Waals surface area contributed by atoms with Crippen molar-refractivity contribution in [1.82, 2.24) is 25.5 Å². The van der Waals surface area contributed by atoms with Crippen LogP contribution < -0.4 is 10.1 Å². The lowest BCUT2D eigenvalue weighted by atomic mass is 10.1. The Bertz CT molecular complexity index is 651. The molecule has 24 heavy (non-hydrogen) atoms. The molecule has 1 N–H and O–H groups in total. The van der Waals surface area contributed by atoms with Crippen LogP contribution in [-0.2, 0) is 18.3 Å². The molecular weight excluding hydrogens is 340 g/mol. The predicted octanol–water partition coefficient (Wildman–Crippen LogP) is 1.65. The maximum Gasteiger partial charge on any atom is 0.387 e. The predicted molar refractivity (Wildman–Crippen MR) is 83.9 cm³/mol. The van der Waals surface area contributed by atoms with E-state index in [0.717, 1.165) is 5.56 Å². The number of aromatic nitrogens is 4. The molecular formula is C14H17F2N5O2S. The highest BCUT2D eigenvalue weighted by Gasteiger charge is 2.06. The SMILES string of the molecule is Cn1nnnc1SCCC(=O)NCCc1ccc(OC(F)F)cc1. The van der Waals surface area contributed by atoms with Crippen LogP contribution >= 0.6 is 11.8 Å². The quantitative estimate of drug-likeness (QED) is 0.687. The van der Waals surface area contributed by atoms with Gasteiger partial charge in [-0.1, -0.05) is 23.9 Å². The number of ether oxygens (including phenoxy) is 1. The Morgan fingerprint density at radius 1 is 1.38 bits per heavy atom. The molecule has 2 aromatic rings. The molecule has 0 saturated heterocycles. The van der Waals surface area contributed by atoms with E-state index in [9.17, 15) is 13.6 Å². The summed E-state index contributed by atoms with van der Waals surface area (Å²) in [4.78, 5) is 11.7. The smallest absolute Gasteiger partial charge is 0.387 e. The lowest BCUT2D eigenvalue weighted by molar-refractivity contribution is -0.120. The minimum atomic E-state index is -2.83. The van der Waals surface area contributed by atoms with Crippen LogP contribution in [0.4, 0.5) is 8.78 Å². The van der Waals surface area contributed by atoms with Crippen LogP contribution in [0.5, 0.6) is 5.75 Å². The summed E-state index contributed by atoms with van der Waals surface area (Å²) in [6.45, 7) is -2.35. The summed E-state index contributed by atoms with van der Waals surface area (Å²) in [6.07, 6.45) is 0.972. The third-order valence-corrected chi connectivity index (χ3v) is 4.04. The number of carbonyl (C=O) groups is 1. The molecule has 0 unspecified atom stereocenters. The molecule has 0 bridgehead atoms. The van der Waals surface area contributed by atoms with E-state index in [0.29, 0.717) is 30.3 Å². The first-order valence-electron chi connectivity index (χ1n) is 7.20. The fraction of sp³-hybridized carbons (Fsp3) is 0.429. The van der Waals surface area contributed by atoms with Crippen molar-refractivity contribution >= 4 is 17.7 Å². The van der Waals surface area contributed by atoms with Gasteiger partial charge >= 0.3 is 6.61 Å². The molecule has 1 heterocycles. The Hall–Kier alpha value is -2.23. The summed E-state index contributed by atoms with van der Waals surface area (Å²) >= 11 is 1.41. The highest BCUT2D eigenvalue weighted by molar-refractivity contribution is 7.99. The van der Waals surface area contributed by atoms with E-state index >= 15 is 0 Å². The largest absolute Gasteiger partial charge is 0.435 e. The molecule has 0 spiro atoms. The molecule has 0 aliphatic heterocycles. The number of thioether (sulfide) groups is 1. The summed E-state index contributed by atoms with van der Waals surface area (Å²) in [6, 6.07) is 6.35. The number of nitrogens with zero attached hydrogens (tertiary/aromatic N) is 4. The van der Waals surface area contributed by atoms with Crippen molar-refractivity contribution < 1.29 is 18.3 Å². The van der Waals surface area contributed by atoms with E-state index in [1.54, 1.807) is 23.9 Å². The fourth-order valence-electron chi connectivity index (χ4n) is 1.85. The van der Waals surface area contributed by atoms with E-state index in [2.05, 4.69) is 25.6 Å². The number of carbonyl (C=O) groups excluding carboxylic acids is 1. The zero-order valence-corrected chi connectivity index (χ0v) is 13.8. The molecule has 1 aromatic carbocycles. The fourth-order valence-corrected chi connectivity index (χ4v) is 2.64. The van der Waals surface area contributed by atoms with Crippen molar-refractivity contribution in [1.29, 1.82) is 0 Å². The molecule has 7 nitrogen and oxygen atoms in total. The number of nitrogens with one attached hydrogen (secondary N) is 1. The van der Waals surface area contributed by atoms with Crippen LogP contribution in [0.2, 0.25) is 0 Å². The van der Waals surface area contributed by atoms with E-state index in [1.165, 1.54) is 23.9 Å². The van der Waals surface area contributed by atoms with Crippen molar-refractivity contribution in [3.63, 3.8) is 0 Å². The average molecular weight is 357 g/mol. The van der Waals surface area contributed by atoms with Crippen LogP contribution in [0.25, 0.3) is 0 Å². The number of benzene rings is 1. The first-order valence-corrected chi connectivity index (χ1v) is 8.19. The molecule has 0 atom stereocenters. The maximum atomic E-state index is 12.0. The number of halogens is 2. The van der Waals surface area contributed by atoms with Crippen LogP contribution in [0.3, 0.4) is 0 Å². The minimum absolute atomic E-state index is 0.0599. The van der Waals surface area contributed by atoms with Gasteiger partial charge in [0.25, 0.3) is 0 Å². The Labute approximate surface area is 141 Å². The zero-order chi connectivity index (χ0) is 17.4. The standard InChI is InChI=1S/C14H17F2N5O2S/c1-21-14(18-19-20-21)24-9-7-12(22)17-8-6-10-2-4-11(5-3-10)23-13(15)16/h2-5,13H,6-9H2,1H3,(H,17,22). The molecule has 0 fully saturated rings. The molecule has 0 radical (unpaired) electrons. The highest BCUT2D eigenvalue weighted by Crippen LogP contribution is 2.15. The maximum absolute atomic E-state index is 12.0. The summed E-state index contributed by atoms with van der Waals surface area (Å²) < 4.78 is 29.9. The molecule has 0 aliphatic carbocycles. The van der Waals surface area contributed by atoms with E-state index in [-0.39, 0.29) is 11.7 Å². The van der Waals surface area contributed by atoms with Crippen molar-refractivity contribution in [2.45, 2.75) is 24.6 Å². The van der Waals surface area contributed by atoms with Gasteiger partial charge in [0.2, 0.25) is 11.1 Å². The first kappa shape index (κ1) is 18.1. The second-order valence-corrected chi connectivity index (χ2v) is 5.87. The molecule has 130 valence electrons. The number of rotatable bonds is 9. The van der Waals surface area contributed by atoms with Gasteiger partial charge in [-0.25, -0.2) is 4.68 Å². The second-order valence-electron chi connectivity index (χ2n) is 4.81. The van der Waals surface area contributed by atoms with Crippen molar-refractivity contribution in [3.05, 3.63) is 29.8 Å². The third kappa shape index (κ3) is 6.11. The lowest BCUT2D eigenvalue weighted by Gasteiger charge is -2.07. The number of amides is 1. The number of alkyl halides is 2. The molecule has 1 amide bonds. The third-order valence-electron chi connectivity index (χ3n) is 3.03. The molecule has 10 heteroatoms. The molecule has 0 saturated carbocycles. The van der Waals surface area contributed by atoms with Crippen molar-refractivity contribution in [3.8, 4) is 5.75 Å². The van der Waals surface area contributed by atoms with Crippen molar-refractivity contribution in [2.75, 3.05) is 12.3 Å². The monoisotopic (exact) mass is 357 g/mol. The van der Waals surface area contributed by atoms with E-state index in [4.69, 9.17) is 0 Å². The van der Waals surface area contributed by atoms with Gasteiger partial charge in [0.15, 0.2) is 0 Å². The van der Waals surface area contributed by atoms with Crippen LogP contribution in [0, 0.1) is 0 Å². The number of hydrogen-bond donors (Lipinski definition) is 1. The number of hydrogen-bond acceptors (Lipinski definition) is 6. The average Bonchev–Trinajstić information content (AvgIpc) is 2.94. The van der Waals surface area contributed by atoms with Gasteiger partial charge in [0.05, 0.1) is 0 Å². The Morgan fingerprint density at radius 3 is 2.75 bits per heavy atom. The zero-order valence-electron chi connectivity index (χ0n) is 13.0. The van der Waals surface area contributed by atoms with Gasteiger partial charge in [0.1, 0.15) is 5.75 Å². The summed E-state index contributed by atoms with van der Waals surface area (Å²) in [5, 5.41) is 14.5. The summed E-state index contributed by atoms with van der Waals surface area (Å²) in [7, 11) is 1.74. The van der Waals surface area contributed by atoms with E-state index in [1.807, 2.05) is 0 Å². The summed E-state index contributed by atoms with van der Waals surface area (Å²) in [5.74, 6) is 0.642. The minimum Gasteiger partial charge on any atom is -0.435 e. The summed E-state index contributed by atoms with van der Waals surface area (Å²) in [5.41, 5.74) is 0.927. The van der Waals surface area contributed by atoms with Gasteiger partial charge in [0, 0.05) is 25.8 Å². The highest BCUT2D eigenvalue weighted by atomic mass is 32.2. The second kappa shape index (κ2) is 9.16. The van der Waals surface area contributed by atoms with Crippen LogP contribution in [0.15, 0.2) is 29.4 Å². The molecule has 2 rings (SSSR count). The van der Waals surface area contributed by atoms with Gasteiger partial charge in [-0.3, -0.25) is 4.79 Å². The van der Waals surface area contributed by atoms with Gasteiger partial charge in [-0.2, -0.15) is 8.78 Å². The molecule has 1 aromatic heterocycles. The Morgan fingerprint density at radius 2 is 2.12 bits per heavy atom. The lowest BCUT2D eigenvalue weighted by Crippen LogP contribution is -2.25.